The van der Waals surface area contributed by atoms with Crippen molar-refractivity contribution in [3.05, 3.63) is 29.8 Å². The lowest BCUT2D eigenvalue weighted by molar-refractivity contribution is -0.164. The second-order valence-corrected chi connectivity index (χ2v) is 8.03. The maximum absolute atomic E-state index is 12.4. The summed E-state index contributed by atoms with van der Waals surface area (Å²) in [7, 11) is 0. The first kappa shape index (κ1) is 19.0. The SMILES string of the molecule is CC1(C(=O)O)SC2C(NC(=O)C(N)c3ccc(O)cc3)C(=O)N2C1C(=O)O. The van der Waals surface area contributed by atoms with Gasteiger partial charge in [0.1, 0.15) is 28.0 Å². The van der Waals surface area contributed by atoms with E-state index in [9.17, 15) is 34.5 Å². The number of fused-ring (bicyclic) bond motifs is 1. The van der Waals surface area contributed by atoms with Gasteiger partial charge in [-0.3, -0.25) is 14.4 Å². The molecule has 27 heavy (non-hydrogen) atoms. The number of aromatic hydroxyl groups is 1. The Labute approximate surface area is 157 Å². The number of phenols is 1. The molecule has 5 atom stereocenters. The Balaban J connectivity index is 1.76. The zero-order valence-electron chi connectivity index (χ0n) is 14.0. The van der Waals surface area contributed by atoms with Crippen molar-refractivity contribution in [2.24, 2.45) is 5.73 Å². The van der Waals surface area contributed by atoms with E-state index in [-0.39, 0.29) is 5.75 Å². The van der Waals surface area contributed by atoms with E-state index in [0.29, 0.717) is 5.56 Å². The Morgan fingerprint density at radius 2 is 1.85 bits per heavy atom. The van der Waals surface area contributed by atoms with Gasteiger partial charge in [-0.15, -0.1) is 11.8 Å². The van der Waals surface area contributed by atoms with E-state index in [1.807, 2.05) is 0 Å². The number of rotatable bonds is 5. The molecular formula is C16H17N3O7S. The van der Waals surface area contributed by atoms with Gasteiger partial charge in [-0.25, -0.2) is 4.79 Å². The lowest BCUT2D eigenvalue weighted by atomic mass is 9.94. The summed E-state index contributed by atoms with van der Waals surface area (Å²) < 4.78 is -1.73. The van der Waals surface area contributed by atoms with Crippen LogP contribution in [0.5, 0.6) is 5.75 Å². The summed E-state index contributed by atoms with van der Waals surface area (Å²) in [5, 5.41) is 29.7. The van der Waals surface area contributed by atoms with E-state index in [1.165, 1.54) is 31.2 Å². The zero-order valence-corrected chi connectivity index (χ0v) is 14.8. The number of carbonyl (C=O) groups excluding carboxylic acids is 2. The smallest absolute Gasteiger partial charge is 0.328 e. The molecule has 11 heteroatoms. The number of phenolic OH excluding ortho intramolecular Hbond substituents is 1. The van der Waals surface area contributed by atoms with E-state index in [4.69, 9.17) is 5.73 Å². The number of hydrogen-bond donors (Lipinski definition) is 5. The number of benzene rings is 1. The van der Waals surface area contributed by atoms with Gasteiger partial charge < -0.3 is 31.3 Å². The van der Waals surface area contributed by atoms with Crippen LogP contribution < -0.4 is 11.1 Å². The highest BCUT2D eigenvalue weighted by Gasteiger charge is 2.68. The number of hydrogen-bond acceptors (Lipinski definition) is 7. The molecular weight excluding hydrogens is 378 g/mol. The molecule has 0 saturated carbocycles. The number of amides is 2. The van der Waals surface area contributed by atoms with E-state index in [0.717, 1.165) is 16.7 Å². The van der Waals surface area contributed by atoms with Gasteiger partial charge in [0.15, 0.2) is 6.04 Å². The highest BCUT2D eigenvalue weighted by molar-refractivity contribution is 8.02. The summed E-state index contributed by atoms with van der Waals surface area (Å²) in [4.78, 5) is 48.8. The largest absolute Gasteiger partial charge is 0.508 e. The van der Waals surface area contributed by atoms with Crippen LogP contribution in [0.25, 0.3) is 0 Å². The molecule has 2 aliphatic rings. The molecule has 0 spiro atoms. The number of nitrogens with zero attached hydrogens (tertiary/aromatic N) is 1. The third-order valence-corrected chi connectivity index (χ3v) is 6.36. The first-order chi connectivity index (χ1) is 12.6. The van der Waals surface area contributed by atoms with Gasteiger partial charge in [-0.1, -0.05) is 12.1 Å². The summed E-state index contributed by atoms with van der Waals surface area (Å²) in [5.41, 5.74) is 6.27. The van der Waals surface area contributed by atoms with Crippen molar-refractivity contribution < 1.29 is 34.5 Å². The Morgan fingerprint density at radius 1 is 1.26 bits per heavy atom. The van der Waals surface area contributed by atoms with Crippen LogP contribution in [0.2, 0.25) is 0 Å². The molecule has 2 saturated heterocycles. The van der Waals surface area contributed by atoms with Crippen LogP contribution in [0.1, 0.15) is 18.5 Å². The van der Waals surface area contributed by atoms with E-state index < -0.39 is 52.0 Å². The second kappa shape index (κ2) is 6.43. The highest BCUT2D eigenvalue weighted by Crippen LogP contribution is 2.51. The molecule has 1 aromatic rings. The van der Waals surface area contributed by atoms with Gasteiger partial charge in [0.05, 0.1) is 0 Å². The third kappa shape index (κ3) is 2.88. The van der Waals surface area contributed by atoms with Gasteiger partial charge >= 0.3 is 11.9 Å². The van der Waals surface area contributed by atoms with Crippen molar-refractivity contribution in [2.45, 2.75) is 35.2 Å². The minimum absolute atomic E-state index is 0.00574. The van der Waals surface area contributed by atoms with E-state index in [1.54, 1.807) is 0 Å². The summed E-state index contributed by atoms with van der Waals surface area (Å²) in [6.45, 7) is 1.24. The summed E-state index contributed by atoms with van der Waals surface area (Å²) >= 11 is 0.807. The molecule has 2 aliphatic heterocycles. The van der Waals surface area contributed by atoms with Gasteiger partial charge in [0.2, 0.25) is 11.8 Å². The first-order valence-electron chi connectivity index (χ1n) is 7.89. The molecule has 2 amide bonds. The van der Waals surface area contributed by atoms with Gasteiger partial charge in [0, 0.05) is 0 Å². The molecule has 0 radical (unpaired) electrons. The van der Waals surface area contributed by atoms with Crippen molar-refractivity contribution >= 4 is 35.5 Å². The molecule has 0 aliphatic carbocycles. The zero-order chi connectivity index (χ0) is 20.1. The third-order valence-electron chi connectivity index (χ3n) is 4.74. The van der Waals surface area contributed by atoms with Crippen LogP contribution in [0.3, 0.4) is 0 Å². The van der Waals surface area contributed by atoms with Gasteiger partial charge in [0.25, 0.3) is 0 Å². The predicted octanol–water partition coefficient (Wildman–Crippen LogP) is -0.912. The molecule has 1 aromatic carbocycles. The van der Waals surface area contributed by atoms with Crippen LogP contribution in [-0.4, -0.2) is 66.2 Å². The van der Waals surface area contributed by atoms with Crippen molar-refractivity contribution in [3.63, 3.8) is 0 Å². The van der Waals surface area contributed by atoms with Crippen molar-refractivity contribution in [3.8, 4) is 5.75 Å². The molecule has 6 N–H and O–H groups in total. The standard InChI is InChI=1S/C16H17N3O7S/c1-16(15(25)26)10(14(23)24)19-12(22)9(13(19)27-16)18-11(21)8(17)6-2-4-7(20)5-3-6/h2-5,8-10,13,20H,17H2,1H3,(H,18,21)(H,23,24)(H,25,26). The second-order valence-electron chi connectivity index (χ2n) is 6.46. The first-order valence-corrected chi connectivity index (χ1v) is 8.77. The van der Waals surface area contributed by atoms with Crippen LogP contribution in [-0.2, 0) is 19.2 Å². The predicted molar refractivity (Wildman–Crippen MR) is 92.7 cm³/mol. The number of nitrogens with one attached hydrogen (secondary N) is 1. The quantitative estimate of drug-likeness (QED) is 0.396. The average Bonchev–Trinajstić information content (AvgIpc) is 2.91. The average molecular weight is 395 g/mol. The monoisotopic (exact) mass is 395 g/mol. The Kier molecular flexibility index (Phi) is 4.52. The molecule has 144 valence electrons. The van der Waals surface area contributed by atoms with Crippen molar-refractivity contribution in [1.82, 2.24) is 10.2 Å². The van der Waals surface area contributed by atoms with Gasteiger partial charge in [-0.2, -0.15) is 0 Å². The molecule has 2 heterocycles. The summed E-state index contributed by atoms with van der Waals surface area (Å²) in [6, 6.07) is 1.94. The lowest BCUT2D eigenvalue weighted by Crippen LogP contribution is -2.71. The molecule has 5 unspecified atom stereocenters. The summed E-state index contributed by atoms with van der Waals surface area (Å²) in [6.07, 6.45) is 0. The fraction of sp³-hybridized carbons (Fsp3) is 0.375. The number of thioether (sulfide) groups is 1. The van der Waals surface area contributed by atoms with E-state index in [2.05, 4.69) is 5.32 Å². The Hall–Kier alpha value is -2.79. The molecule has 0 bridgehead atoms. The van der Waals surface area contributed by atoms with Gasteiger partial charge in [-0.05, 0) is 24.6 Å². The van der Waals surface area contributed by atoms with E-state index >= 15 is 0 Å². The molecule has 0 aromatic heterocycles. The van der Waals surface area contributed by atoms with Crippen LogP contribution >= 0.6 is 11.8 Å². The van der Waals surface area contributed by atoms with Crippen LogP contribution in [0.4, 0.5) is 0 Å². The number of nitrogens with two attached hydrogens (primary N) is 1. The number of carbonyl (C=O) groups is 4. The van der Waals surface area contributed by atoms with Crippen molar-refractivity contribution in [1.29, 1.82) is 0 Å². The fourth-order valence-corrected chi connectivity index (χ4v) is 4.80. The minimum Gasteiger partial charge on any atom is -0.508 e. The molecule has 10 nitrogen and oxygen atoms in total. The number of carboxylic acids is 2. The molecule has 3 rings (SSSR count). The number of β-lactam (4-membered cyclic amide) rings is 1. The van der Waals surface area contributed by atoms with Crippen LogP contribution in [0, 0.1) is 0 Å². The summed E-state index contributed by atoms with van der Waals surface area (Å²) in [5.74, 6) is -4.11. The van der Waals surface area contributed by atoms with Crippen molar-refractivity contribution in [2.75, 3.05) is 0 Å². The maximum atomic E-state index is 12.4. The maximum Gasteiger partial charge on any atom is 0.328 e. The Bertz CT molecular complexity index is 830. The molecule has 2 fully saturated rings. The lowest BCUT2D eigenvalue weighted by Gasteiger charge is -2.43. The number of carboxylic acid groups (broad SMARTS) is 2. The van der Waals surface area contributed by atoms with Crippen LogP contribution in [0.15, 0.2) is 24.3 Å². The number of aliphatic carboxylic acids is 2. The fourth-order valence-electron chi connectivity index (χ4n) is 3.20. The topological polar surface area (TPSA) is 170 Å². The Morgan fingerprint density at radius 3 is 2.37 bits per heavy atom. The highest BCUT2D eigenvalue weighted by atomic mass is 32.2. The minimum atomic E-state index is -1.73. The normalized spacial score (nSPS) is 30.2.